The van der Waals surface area contributed by atoms with Gasteiger partial charge in [0.2, 0.25) is 0 Å². The summed E-state index contributed by atoms with van der Waals surface area (Å²) in [7, 11) is 0. The van der Waals surface area contributed by atoms with E-state index in [-0.39, 0.29) is 0 Å². The molecule has 1 aliphatic carbocycles. The van der Waals surface area contributed by atoms with E-state index in [9.17, 15) is 0 Å². The number of nitrogens with one attached hydrogen (secondary N) is 1. The molecule has 1 aliphatic heterocycles. The Hall–Kier alpha value is -1.97. The topological polar surface area (TPSA) is 43.4 Å². The molecule has 4 rings (SSSR count). The van der Waals surface area contributed by atoms with E-state index >= 15 is 0 Å². The van der Waals surface area contributed by atoms with E-state index in [2.05, 4.69) is 18.3 Å². The fraction of sp³-hybridized carbons (Fsp3) is 0.438. The Kier molecular flexibility index (Phi) is 2.69. The van der Waals surface area contributed by atoms with Crippen LogP contribution in [0.2, 0.25) is 0 Å². The second kappa shape index (κ2) is 4.54. The van der Waals surface area contributed by atoms with Crippen LogP contribution in [0.25, 0.3) is 10.9 Å². The van der Waals surface area contributed by atoms with Crippen LogP contribution in [0.1, 0.15) is 31.4 Å². The number of ether oxygens (including phenoxy) is 2. The van der Waals surface area contributed by atoms with Crippen molar-refractivity contribution in [2.24, 2.45) is 0 Å². The fourth-order valence-electron chi connectivity index (χ4n) is 2.71. The Morgan fingerprint density at radius 1 is 1.15 bits per heavy atom. The molecular weight excluding hydrogens is 252 g/mol. The van der Waals surface area contributed by atoms with Crippen LogP contribution in [0.5, 0.6) is 11.5 Å². The molecule has 104 valence electrons. The van der Waals surface area contributed by atoms with Crippen molar-refractivity contribution in [1.29, 1.82) is 0 Å². The zero-order valence-electron chi connectivity index (χ0n) is 11.6. The van der Waals surface area contributed by atoms with Gasteiger partial charge in [0.1, 0.15) is 13.2 Å². The van der Waals surface area contributed by atoms with Gasteiger partial charge in [-0.25, -0.2) is 0 Å². The van der Waals surface area contributed by atoms with Crippen LogP contribution in [-0.4, -0.2) is 24.7 Å². The first-order valence-corrected chi connectivity index (χ1v) is 7.33. The predicted octanol–water partition coefficient (Wildman–Crippen LogP) is 3.32. The first kappa shape index (κ1) is 11.8. The van der Waals surface area contributed by atoms with Crippen LogP contribution in [0, 0.1) is 0 Å². The van der Waals surface area contributed by atoms with E-state index < -0.39 is 0 Å². The monoisotopic (exact) mass is 270 g/mol. The van der Waals surface area contributed by atoms with Gasteiger partial charge in [-0.3, -0.25) is 4.98 Å². The Morgan fingerprint density at radius 2 is 1.90 bits per heavy atom. The third-order valence-corrected chi connectivity index (χ3v) is 3.86. The maximum absolute atomic E-state index is 5.67. The van der Waals surface area contributed by atoms with Gasteiger partial charge in [0, 0.05) is 35.3 Å². The van der Waals surface area contributed by atoms with Gasteiger partial charge >= 0.3 is 0 Å². The molecule has 1 aromatic carbocycles. The average Bonchev–Trinajstić information content (AvgIpc) is 3.30. The molecule has 1 aromatic heterocycles. The second-order valence-electron chi connectivity index (χ2n) is 5.41. The lowest BCUT2D eigenvalue weighted by Crippen LogP contribution is -2.15. The van der Waals surface area contributed by atoms with E-state index in [4.69, 9.17) is 14.5 Å². The quantitative estimate of drug-likeness (QED) is 0.929. The minimum Gasteiger partial charge on any atom is -0.486 e. The van der Waals surface area contributed by atoms with Crippen molar-refractivity contribution in [2.75, 3.05) is 25.1 Å². The van der Waals surface area contributed by atoms with E-state index in [0.29, 0.717) is 19.1 Å². The molecule has 20 heavy (non-hydrogen) atoms. The summed E-state index contributed by atoms with van der Waals surface area (Å²) in [6, 6.07) is 6.25. The third kappa shape index (κ3) is 1.96. The van der Waals surface area contributed by atoms with Gasteiger partial charge in [-0.2, -0.15) is 0 Å². The van der Waals surface area contributed by atoms with Crippen LogP contribution in [0.15, 0.2) is 18.2 Å². The third-order valence-electron chi connectivity index (χ3n) is 3.86. The number of hydrogen-bond acceptors (Lipinski definition) is 4. The Balaban J connectivity index is 1.91. The van der Waals surface area contributed by atoms with E-state index in [1.165, 1.54) is 18.5 Å². The molecule has 4 heteroatoms. The number of benzene rings is 1. The number of pyridine rings is 1. The molecule has 0 amide bonds. The molecule has 0 bridgehead atoms. The van der Waals surface area contributed by atoms with Gasteiger partial charge in [-0.1, -0.05) is 0 Å². The summed E-state index contributed by atoms with van der Waals surface area (Å²) in [5, 5.41) is 4.56. The smallest absolute Gasteiger partial charge is 0.163 e. The molecule has 2 heterocycles. The standard InChI is InChI=1S/C16H18N2O2/c1-2-17-13-8-12(10-3-4-10)18-14-9-16-15(7-11(13)14)19-5-6-20-16/h7-10H,2-6H2,1H3,(H,17,18). The van der Waals surface area contributed by atoms with Crippen molar-refractivity contribution >= 4 is 16.6 Å². The zero-order valence-corrected chi connectivity index (χ0v) is 11.6. The van der Waals surface area contributed by atoms with Crippen LogP contribution in [-0.2, 0) is 0 Å². The number of hydrogen-bond donors (Lipinski definition) is 1. The van der Waals surface area contributed by atoms with E-state index in [1.807, 2.05) is 12.1 Å². The van der Waals surface area contributed by atoms with Crippen molar-refractivity contribution in [3.05, 3.63) is 23.9 Å². The molecule has 0 radical (unpaired) electrons. The fourth-order valence-corrected chi connectivity index (χ4v) is 2.71. The average molecular weight is 270 g/mol. The SMILES string of the molecule is CCNc1cc(C2CC2)nc2cc3c(cc12)OCCO3. The summed E-state index contributed by atoms with van der Waals surface area (Å²) >= 11 is 0. The van der Waals surface area contributed by atoms with Crippen LogP contribution >= 0.6 is 0 Å². The number of rotatable bonds is 3. The largest absolute Gasteiger partial charge is 0.486 e. The Bertz CT molecular complexity index is 665. The molecule has 4 nitrogen and oxygen atoms in total. The van der Waals surface area contributed by atoms with Gasteiger partial charge in [-0.05, 0) is 31.9 Å². The molecule has 1 fully saturated rings. The lowest BCUT2D eigenvalue weighted by molar-refractivity contribution is 0.172. The van der Waals surface area contributed by atoms with Crippen LogP contribution < -0.4 is 14.8 Å². The second-order valence-corrected chi connectivity index (χ2v) is 5.41. The summed E-state index contributed by atoms with van der Waals surface area (Å²) in [6.07, 6.45) is 2.52. The molecule has 2 aromatic rings. The van der Waals surface area contributed by atoms with Gasteiger partial charge in [0.25, 0.3) is 0 Å². The van der Waals surface area contributed by atoms with Gasteiger partial charge in [-0.15, -0.1) is 0 Å². The van der Waals surface area contributed by atoms with Crippen molar-refractivity contribution in [3.8, 4) is 11.5 Å². The minimum absolute atomic E-state index is 0.612. The highest BCUT2D eigenvalue weighted by molar-refractivity contribution is 5.94. The molecule has 2 aliphatic rings. The predicted molar refractivity (Wildman–Crippen MR) is 78.9 cm³/mol. The van der Waals surface area contributed by atoms with Crippen molar-refractivity contribution in [2.45, 2.75) is 25.7 Å². The van der Waals surface area contributed by atoms with Crippen LogP contribution in [0.3, 0.4) is 0 Å². The Morgan fingerprint density at radius 3 is 2.60 bits per heavy atom. The highest BCUT2D eigenvalue weighted by Crippen LogP contribution is 2.43. The van der Waals surface area contributed by atoms with E-state index in [0.717, 1.165) is 34.6 Å². The summed E-state index contributed by atoms with van der Waals surface area (Å²) in [6.45, 7) is 4.24. The molecule has 0 unspecified atom stereocenters. The number of nitrogens with zero attached hydrogens (tertiary/aromatic N) is 1. The van der Waals surface area contributed by atoms with Crippen LogP contribution in [0.4, 0.5) is 5.69 Å². The lowest BCUT2D eigenvalue weighted by atomic mass is 10.1. The summed E-state index contributed by atoms with van der Waals surface area (Å²) < 4.78 is 11.3. The van der Waals surface area contributed by atoms with Gasteiger partial charge in [0.15, 0.2) is 11.5 Å². The molecular formula is C16H18N2O2. The maximum Gasteiger partial charge on any atom is 0.163 e. The lowest BCUT2D eigenvalue weighted by Gasteiger charge is -2.20. The summed E-state index contributed by atoms with van der Waals surface area (Å²) in [4.78, 5) is 4.81. The molecule has 0 spiro atoms. The molecule has 1 saturated carbocycles. The van der Waals surface area contributed by atoms with Gasteiger partial charge in [0.05, 0.1) is 5.52 Å². The summed E-state index contributed by atoms with van der Waals surface area (Å²) in [5.41, 5.74) is 3.34. The van der Waals surface area contributed by atoms with Crippen molar-refractivity contribution in [1.82, 2.24) is 4.98 Å². The first-order valence-electron chi connectivity index (χ1n) is 7.33. The Labute approximate surface area is 118 Å². The first-order chi connectivity index (χ1) is 9.85. The number of anilines is 1. The highest BCUT2D eigenvalue weighted by Gasteiger charge is 2.26. The normalized spacial score (nSPS) is 17.2. The molecule has 0 atom stereocenters. The van der Waals surface area contributed by atoms with Crippen molar-refractivity contribution in [3.63, 3.8) is 0 Å². The molecule has 1 N–H and O–H groups in total. The van der Waals surface area contributed by atoms with Gasteiger partial charge < -0.3 is 14.8 Å². The number of aromatic nitrogens is 1. The van der Waals surface area contributed by atoms with E-state index in [1.54, 1.807) is 0 Å². The summed E-state index contributed by atoms with van der Waals surface area (Å²) in [5.74, 6) is 2.28. The number of fused-ring (bicyclic) bond motifs is 2. The zero-order chi connectivity index (χ0) is 13.5. The minimum atomic E-state index is 0.612. The maximum atomic E-state index is 5.67. The van der Waals surface area contributed by atoms with Crippen molar-refractivity contribution < 1.29 is 9.47 Å². The molecule has 0 saturated heterocycles. The highest BCUT2D eigenvalue weighted by atomic mass is 16.6.